The molecule has 3 rings (SSSR count). The number of rotatable bonds is 7. The first-order valence-corrected chi connectivity index (χ1v) is 12.1. The molecule has 1 aromatic carbocycles. The van der Waals surface area contributed by atoms with Gasteiger partial charge in [0.25, 0.3) is 0 Å². The minimum Gasteiger partial charge on any atom is -0.481 e. The Morgan fingerprint density at radius 2 is 2.03 bits per heavy atom. The highest BCUT2D eigenvalue weighted by molar-refractivity contribution is 6.31. The molecule has 2 aromatic rings. The number of terminal acetylenes is 1. The standard InChI is InChI=1S/C15H15Cl.C14H22N2O2/c1-4-8-13(12(3)5-2)11-14-9-6-7-10-15(14)16;1-10-7-8-11(15-10)9-14(2,17)12-5-4-6-13(16-12)18-3/h2,4,6-10H,11H2,1,3H3;4-6,10-11,15,17H,7-9H2,1-3H3/b8-4-,13-12+;. The third-order valence-corrected chi connectivity index (χ3v) is 6.37. The summed E-state index contributed by atoms with van der Waals surface area (Å²) in [6.07, 6.45) is 13.2. The van der Waals surface area contributed by atoms with E-state index in [9.17, 15) is 5.11 Å². The van der Waals surface area contributed by atoms with Crippen LogP contribution in [0.5, 0.6) is 5.88 Å². The Labute approximate surface area is 210 Å². The van der Waals surface area contributed by atoms with Crippen molar-refractivity contribution < 1.29 is 9.84 Å². The largest absolute Gasteiger partial charge is 0.481 e. The average molecular weight is 481 g/mol. The Hall–Kier alpha value is -2.58. The van der Waals surface area contributed by atoms with Crippen molar-refractivity contribution in [2.75, 3.05) is 7.11 Å². The smallest absolute Gasteiger partial charge is 0.213 e. The molecule has 1 fully saturated rings. The van der Waals surface area contributed by atoms with Crippen molar-refractivity contribution in [3.05, 3.63) is 82.0 Å². The second-order valence-corrected chi connectivity index (χ2v) is 9.36. The zero-order valence-electron chi connectivity index (χ0n) is 20.9. The summed E-state index contributed by atoms with van der Waals surface area (Å²) in [5.41, 5.74) is 2.95. The maximum Gasteiger partial charge on any atom is 0.213 e. The van der Waals surface area contributed by atoms with Crippen LogP contribution < -0.4 is 10.1 Å². The normalized spacial score (nSPS) is 20.1. The van der Waals surface area contributed by atoms with Gasteiger partial charge in [-0.2, -0.15) is 0 Å². The van der Waals surface area contributed by atoms with Gasteiger partial charge in [-0.3, -0.25) is 0 Å². The number of nitrogens with zero attached hydrogens (tertiary/aromatic N) is 1. The number of hydrogen-bond acceptors (Lipinski definition) is 4. The van der Waals surface area contributed by atoms with E-state index in [4.69, 9.17) is 22.8 Å². The monoisotopic (exact) mass is 480 g/mol. The van der Waals surface area contributed by atoms with Crippen molar-refractivity contribution in [1.82, 2.24) is 10.3 Å². The summed E-state index contributed by atoms with van der Waals surface area (Å²) in [5.74, 6) is 3.22. The quantitative estimate of drug-likeness (QED) is 0.364. The highest BCUT2D eigenvalue weighted by atomic mass is 35.5. The summed E-state index contributed by atoms with van der Waals surface area (Å²) >= 11 is 6.12. The van der Waals surface area contributed by atoms with Crippen molar-refractivity contribution in [2.24, 2.45) is 0 Å². The third kappa shape index (κ3) is 8.33. The molecule has 2 N–H and O–H groups in total. The first kappa shape index (κ1) is 27.7. The first-order chi connectivity index (χ1) is 16.2. The molecule has 0 radical (unpaired) electrons. The summed E-state index contributed by atoms with van der Waals surface area (Å²) in [5, 5.41) is 14.9. The number of aromatic nitrogens is 1. The highest BCUT2D eigenvalue weighted by Crippen LogP contribution is 2.29. The van der Waals surface area contributed by atoms with Gasteiger partial charge in [0, 0.05) is 28.7 Å². The summed E-state index contributed by atoms with van der Waals surface area (Å²) in [6.45, 7) is 7.93. The van der Waals surface area contributed by atoms with Crippen LogP contribution in [-0.2, 0) is 12.0 Å². The molecule has 0 spiro atoms. The van der Waals surface area contributed by atoms with E-state index in [1.165, 1.54) is 6.42 Å². The second kappa shape index (κ2) is 13.3. The highest BCUT2D eigenvalue weighted by Gasteiger charge is 2.32. The molecule has 1 aromatic heterocycles. The minimum absolute atomic E-state index is 0.364. The molecule has 4 nitrogen and oxygen atoms in total. The molecule has 3 unspecified atom stereocenters. The van der Waals surface area contributed by atoms with E-state index in [0.717, 1.165) is 34.6 Å². The molecule has 34 heavy (non-hydrogen) atoms. The maximum atomic E-state index is 10.6. The number of nitrogens with one attached hydrogen (secondary N) is 1. The van der Waals surface area contributed by atoms with Gasteiger partial charge in [0.1, 0.15) is 5.60 Å². The van der Waals surface area contributed by atoms with Crippen LogP contribution in [0.25, 0.3) is 0 Å². The van der Waals surface area contributed by atoms with Gasteiger partial charge in [0.15, 0.2) is 0 Å². The molecule has 1 aliphatic rings. The number of hydrogen-bond donors (Lipinski definition) is 2. The third-order valence-electron chi connectivity index (χ3n) is 6.00. The number of methoxy groups -OCH3 is 1. The van der Waals surface area contributed by atoms with Crippen molar-refractivity contribution >= 4 is 11.6 Å². The predicted octanol–water partition coefficient (Wildman–Crippen LogP) is 6.24. The fourth-order valence-electron chi connectivity index (χ4n) is 4.05. The van der Waals surface area contributed by atoms with E-state index in [1.54, 1.807) is 13.2 Å². The van der Waals surface area contributed by atoms with Crippen LogP contribution in [0.1, 0.15) is 58.2 Å². The lowest BCUT2D eigenvalue weighted by atomic mass is 9.92. The number of pyridine rings is 1. The lowest BCUT2D eigenvalue weighted by Gasteiger charge is -2.26. The number of aliphatic hydroxyl groups is 1. The van der Waals surface area contributed by atoms with Crippen LogP contribution >= 0.6 is 11.6 Å². The van der Waals surface area contributed by atoms with Crippen molar-refractivity contribution in [2.45, 2.75) is 71.1 Å². The Kier molecular flexibility index (Phi) is 10.9. The molecule has 0 bridgehead atoms. The molecule has 1 saturated heterocycles. The van der Waals surface area contributed by atoms with Gasteiger partial charge in [-0.25, -0.2) is 4.98 Å². The number of allylic oxidation sites excluding steroid dienone is 4. The molecule has 0 aliphatic carbocycles. The molecule has 5 heteroatoms. The van der Waals surface area contributed by atoms with Gasteiger partial charge in [0.2, 0.25) is 5.88 Å². The van der Waals surface area contributed by atoms with E-state index in [1.807, 2.05) is 69.3 Å². The Morgan fingerprint density at radius 1 is 1.29 bits per heavy atom. The zero-order chi connectivity index (χ0) is 25.1. The molecular weight excluding hydrogens is 444 g/mol. The number of halogens is 1. The van der Waals surface area contributed by atoms with Crippen molar-refractivity contribution in [3.8, 4) is 18.2 Å². The van der Waals surface area contributed by atoms with E-state index in [-0.39, 0.29) is 0 Å². The lowest BCUT2D eigenvalue weighted by Crippen LogP contribution is -2.35. The Morgan fingerprint density at radius 3 is 2.62 bits per heavy atom. The zero-order valence-corrected chi connectivity index (χ0v) is 21.7. The Bertz CT molecular complexity index is 1040. The fraction of sp³-hybridized carbons (Fsp3) is 0.414. The molecule has 3 atom stereocenters. The van der Waals surface area contributed by atoms with Crippen LogP contribution in [-0.4, -0.2) is 29.3 Å². The van der Waals surface area contributed by atoms with Crippen LogP contribution in [0.3, 0.4) is 0 Å². The van der Waals surface area contributed by atoms with Gasteiger partial charge in [-0.1, -0.05) is 53.9 Å². The van der Waals surface area contributed by atoms with Crippen LogP contribution in [0.2, 0.25) is 5.02 Å². The van der Waals surface area contributed by atoms with Gasteiger partial charge in [0.05, 0.1) is 12.8 Å². The molecular formula is C29H37ClN2O2. The maximum absolute atomic E-state index is 10.6. The predicted molar refractivity (Wildman–Crippen MR) is 142 cm³/mol. The van der Waals surface area contributed by atoms with Crippen LogP contribution in [0.15, 0.2) is 65.8 Å². The van der Waals surface area contributed by atoms with Crippen molar-refractivity contribution in [1.29, 1.82) is 0 Å². The van der Waals surface area contributed by atoms with Crippen LogP contribution in [0.4, 0.5) is 0 Å². The summed E-state index contributed by atoms with van der Waals surface area (Å²) in [7, 11) is 1.58. The van der Waals surface area contributed by atoms with E-state index < -0.39 is 5.60 Å². The average Bonchev–Trinajstić information content (AvgIpc) is 3.23. The SMILES string of the molecule is C#C/C(C)=C(\C=C/C)Cc1ccccc1Cl.COc1cccc(C(C)(O)CC2CCC(C)N2)n1. The van der Waals surface area contributed by atoms with Crippen molar-refractivity contribution in [3.63, 3.8) is 0 Å². The van der Waals surface area contributed by atoms with E-state index in [0.29, 0.717) is 30.1 Å². The van der Waals surface area contributed by atoms with Gasteiger partial charge in [-0.15, -0.1) is 6.42 Å². The molecule has 1 aliphatic heterocycles. The van der Waals surface area contributed by atoms with Gasteiger partial charge in [-0.05, 0) is 76.6 Å². The van der Waals surface area contributed by atoms with E-state index in [2.05, 4.69) is 23.1 Å². The summed E-state index contributed by atoms with van der Waals surface area (Å²) in [6, 6.07) is 14.2. The molecule has 0 amide bonds. The Balaban J connectivity index is 0.000000242. The van der Waals surface area contributed by atoms with E-state index >= 15 is 0 Å². The van der Waals surface area contributed by atoms with Gasteiger partial charge >= 0.3 is 0 Å². The second-order valence-electron chi connectivity index (χ2n) is 8.95. The van der Waals surface area contributed by atoms with Gasteiger partial charge < -0.3 is 15.2 Å². The molecule has 0 saturated carbocycles. The first-order valence-electron chi connectivity index (χ1n) is 11.7. The minimum atomic E-state index is -0.920. The summed E-state index contributed by atoms with van der Waals surface area (Å²) in [4.78, 5) is 4.32. The lowest BCUT2D eigenvalue weighted by molar-refractivity contribution is 0.0333. The number of benzene rings is 1. The number of ether oxygens (including phenoxy) is 1. The fourth-order valence-corrected chi connectivity index (χ4v) is 4.25. The van der Waals surface area contributed by atoms with Crippen LogP contribution in [0, 0.1) is 12.3 Å². The topological polar surface area (TPSA) is 54.4 Å². The molecule has 2 heterocycles. The molecule has 182 valence electrons. The summed E-state index contributed by atoms with van der Waals surface area (Å²) < 4.78 is 5.10.